The van der Waals surface area contributed by atoms with Crippen LogP contribution in [0.4, 0.5) is 0 Å². The zero-order valence-corrected chi connectivity index (χ0v) is 20.9. The lowest BCUT2D eigenvalue weighted by Crippen LogP contribution is -2.43. The lowest BCUT2D eigenvalue weighted by atomic mass is 10.1. The summed E-state index contributed by atoms with van der Waals surface area (Å²) in [5.74, 6) is 0.845. The fourth-order valence-corrected chi connectivity index (χ4v) is 4.92. The summed E-state index contributed by atoms with van der Waals surface area (Å²) in [6.07, 6.45) is 0.495. The third-order valence-electron chi connectivity index (χ3n) is 4.95. The number of benzene rings is 2. The van der Waals surface area contributed by atoms with Crippen LogP contribution >= 0.6 is 39.5 Å². The number of halogens is 1. The molecule has 168 valence electrons. The smallest absolute Gasteiger partial charge is 0.281 e. The van der Waals surface area contributed by atoms with Gasteiger partial charge in [0.05, 0.1) is 18.1 Å². The van der Waals surface area contributed by atoms with E-state index in [2.05, 4.69) is 31.7 Å². The van der Waals surface area contributed by atoms with Gasteiger partial charge in [0, 0.05) is 21.8 Å². The minimum absolute atomic E-state index is 0.00469. The number of thiophene rings is 1. The molecule has 0 aliphatic heterocycles. The average molecular weight is 543 g/mol. The summed E-state index contributed by atoms with van der Waals surface area (Å²) in [5, 5.41) is 5.01. The van der Waals surface area contributed by atoms with Gasteiger partial charge < -0.3 is 4.74 Å². The number of hydrogen-bond donors (Lipinski definition) is 2. The van der Waals surface area contributed by atoms with Gasteiger partial charge in [-0.25, -0.2) is 9.66 Å². The SMILES string of the molecule is CCc1nc2scc(-c3ccc(OC)cc3)c2c(=O)n1NC(=S)NC(=O)c1ccccc1Br. The number of carbonyl (C=O) groups is 1. The minimum atomic E-state index is -0.394. The summed E-state index contributed by atoms with van der Waals surface area (Å²) >= 11 is 10.1. The summed E-state index contributed by atoms with van der Waals surface area (Å²) in [4.78, 5) is 31.4. The van der Waals surface area contributed by atoms with Crippen LogP contribution in [0.3, 0.4) is 0 Å². The number of ether oxygens (including phenoxy) is 1. The van der Waals surface area contributed by atoms with E-state index in [1.807, 2.05) is 42.6 Å². The molecule has 2 heterocycles. The predicted octanol–water partition coefficient (Wildman–Crippen LogP) is 4.72. The molecule has 2 aromatic heterocycles. The molecule has 0 aliphatic carbocycles. The summed E-state index contributed by atoms with van der Waals surface area (Å²) in [6, 6.07) is 14.5. The maximum absolute atomic E-state index is 13.5. The molecule has 10 heteroatoms. The first kappa shape index (κ1) is 23.1. The van der Waals surface area contributed by atoms with Gasteiger partial charge in [-0.2, -0.15) is 0 Å². The Labute approximate surface area is 207 Å². The van der Waals surface area contributed by atoms with Crippen molar-refractivity contribution in [1.82, 2.24) is 15.0 Å². The van der Waals surface area contributed by atoms with Crippen molar-refractivity contribution < 1.29 is 9.53 Å². The molecule has 4 rings (SSSR count). The van der Waals surface area contributed by atoms with Crippen molar-refractivity contribution in [1.29, 1.82) is 0 Å². The average Bonchev–Trinajstić information content (AvgIpc) is 3.25. The van der Waals surface area contributed by atoms with Crippen LogP contribution in [-0.2, 0) is 6.42 Å². The number of nitrogens with one attached hydrogen (secondary N) is 2. The van der Waals surface area contributed by atoms with E-state index in [-0.39, 0.29) is 10.7 Å². The molecule has 4 aromatic rings. The van der Waals surface area contributed by atoms with Gasteiger partial charge in [-0.1, -0.05) is 31.2 Å². The Morgan fingerprint density at radius 1 is 1.21 bits per heavy atom. The highest BCUT2D eigenvalue weighted by atomic mass is 79.9. The normalized spacial score (nSPS) is 10.8. The largest absolute Gasteiger partial charge is 0.497 e. The van der Waals surface area contributed by atoms with E-state index >= 15 is 0 Å². The van der Waals surface area contributed by atoms with Crippen LogP contribution in [0.25, 0.3) is 21.3 Å². The number of aromatic nitrogens is 2. The molecule has 7 nitrogen and oxygen atoms in total. The van der Waals surface area contributed by atoms with Crippen LogP contribution in [0.5, 0.6) is 5.75 Å². The summed E-state index contributed by atoms with van der Waals surface area (Å²) < 4.78 is 7.16. The fraction of sp³-hybridized carbons (Fsp3) is 0.130. The molecular formula is C23H19BrN4O3S2. The van der Waals surface area contributed by atoms with Crippen molar-refractivity contribution >= 4 is 60.7 Å². The molecule has 0 bridgehead atoms. The first-order valence-corrected chi connectivity index (χ1v) is 12.1. The molecule has 0 atom stereocenters. The Balaban J connectivity index is 1.68. The number of hydrogen-bond acceptors (Lipinski definition) is 6. The number of amides is 1. The molecule has 0 saturated heterocycles. The van der Waals surface area contributed by atoms with Gasteiger partial charge in [0.2, 0.25) is 0 Å². The van der Waals surface area contributed by atoms with E-state index in [0.717, 1.165) is 16.9 Å². The molecule has 2 N–H and O–H groups in total. The van der Waals surface area contributed by atoms with Gasteiger partial charge >= 0.3 is 0 Å². The lowest BCUT2D eigenvalue weighted by molar-refractivity contribution is 0.0976. The van der Waals surface area contributed by atoms with E-state index in [0.29, 0.717) is 32.5 Å². The van der Waals surface area contributed by atoms with Crippen molar-refractivity contribution in [2.24, 2.45) is 0 Å². The zero-order valence-electron chi connectivity index (χ0n) is 17.7. The van der Waals surface area contributed by atoms with E-state index < -0.39 is 5.91 Å². The highest BCUT2D eigenvalue weighted by Crippen LogP contribution is 2.32. The number of carbonyl (C=O) groups excluding carboxylic acids is 1. The van der Waals surface area contributed by atoms with E-state index in [1.54, 1.807) is 25.3 Å². The van der Waals surface area contributed by atoms with E-state index in [9.17, 15) is 9.59 Å². The van der Waals surface area contributed by atoms with E-state index in [1.165, 1.54) is 16.0 Å². The van der Waals surface area contributed by atoms with Crippen molar-refractivity contribution in [2.75, 3.05) is 12.5 Å². The summed E-state index contributed by atoms with van der Waals surface area (Å²) in [6.45, 7) is 1.90. The quantitative estimate of drug-likeness (QED) is 0.355. The third kappa shape index (κ3) is 4.68. The number of methoxy groups -OCH3 is 1. The standard InChI is InChI=1S/C23H19BrN4O3S2/c1-3-18-25-21-19(16(12-33-21)13-8-10-14(31-2)11-9-13)22(30)28(18)27-23(32)26-20(29)15-6-4-5-7-17(15)24/h4-12H,3H2,1-2H3,(H2,26,27,29,32). The monoisotopic (exact) mass is 542 g/mol. The highest BCUT2D eigenvalue weighted by Gasteiger charge is 2.18. The van der Waals surface area contributed by atoms with Gasteiger partial charge in [0.15, 0.2) is 5.11 Å². The third-order valence-corrected chi connectivity index (χ3v) is 6.71. The fourth-order valence-electron chi connectivity index (χ4n) is 3.31. The maximum Gasteiger partial charge on any atom is 0.281 e. The van der Waals surface area contributed by atoms with Crippen LogP contribution in [0.2, 0.25) is 0 Å². The maximum atomic E-state index is 13.5. The second kappa shape index (κ2) is 9.82. The first-order valence-electron chi connectivity index (χ1n) is 9.97. The minimum Gasteiger partial charge on any atom is -0.497 e. The summed E-state index contributed by atoms with van der Waals surface area (Å²) in [5.41, 5.74) is 4.63. The molecule has 0 unspecified atom stereocenters. The Morgan fingerprint density at radius 3 is 2.61 bits per heavy atom. The highest BCUT2D eigenvalue weighted by molar-refractivity contribution is 9.10. The molecule has 0 fully saturated rings. The molecule has 0 aliphatic rings. The molecule has 33 heavy (non-hydrogen) atoms. The van der Waals surface area contributed by atoms with Crippen LogP contribution in [-0.4, -0.2) is 27.8 Å². The van der Waals surface area contributed by atoms with Gasteiger partial charge in [0.25, 0.3) is 11.5 Å². The van der Waals surface area contributed by atoms with Crippen molar-refractivity contribution in [2.45, 2.75) is 13.3 Å². The van der Waals surface area contributed by atoms with Gasteiger partial charge in [0.1, 0.15) is 16.4 Å². The van der Waals surface area contributed by atoms with Gasteiger partial charge in [-0.05, 0) is 58.0 Å². The number of aryl methyl sites for hydroxylation is 1. The zero-order chi connectivity index (χ0) is 23.5. The Hall–Kier alpha value is -3.08. The summed E-state index contributed by atoms with van der Waals surface area (Å²) in [7, 11) is 1.60. The molecule has 0 saturated carbocycles. The molecule has 1 amide bonds. The van der Waals surface area contributed by atoms with Crippen molar-refractivity contribution in [3.8, 4) is 16.9 Å². The number of fused-ring (bicyclic) bond motifs is 1. The Kier molecular flexibility index (Phi) is 6.87. The number of rotatable bonds is 5. The molecule has 0 radical (unpaired) electrons. The lowest BCUT2D eigenvalue weighted by Gasteiger charge is -2.15. The van der Waals surface area contributed by atoms with Crippen LogP contribution in [0, 0.1) is 0 Å². The van der Waals surface area contributed by atoms with Gasteiger partial charge in [-0.15, -0.1) is 11.3 Å². The van der Waals surface area contributed by atoms with Crippen molar-refractivity contribution in [3.05, 3.63) is 80.1 Å². The van der Waals surface area contributed by atoms with Crippen LogP contribution in [0.15, 0.2) is 63.2 Å². The van der Waals surface area contributed by atoms with Crippen molar-refractivity contribution in [3.63, 3.8) is 0 Å². The second-order valence-corrected chi connectivity index (χ2v) is 9.08. The van der Waals surface area contributed by atoms with Gasteiger partial charge in [-0.3, -0.25) is 20.3 Å². The first-order chi connectivity index (χ1) is 15.9. The Morgan fingerprint density at radius 2 is 1.94 bits per heavy atom. The van der Waals surface area contributed by atoms with Crippen LogP contribution < -0.4 is 21.0 Å². The Bertz CT molecular complexity index is 1410. The topological polar surface area (TPSA) is 85.2 Å². The van der Waals surface area contributed by atoms with Crippen LogP contribution in [0.1, 0.15) is 23.1 Å². The molecular weight excluding hydrogens is 524 g/mol. The predicted molar refractivity (Wildman–Crippen MR) is 139 cm³/mol. The van der Waals surface area contributed by atoms with E-state index in [4.69, 9.17) is 17.0 Å². The second-order valence-electron chi connectivity index (χ2n) is 6.96. The molecule has 0 spiro atoms. The number of nitrogens with zero attached hydrogens (tertiary/aromatic N) is 2. The number of thiocarbonyl (C=S) groups is 1. The molecule has 2 aromatic carbocycles.